The lowest BCUT2D eigenvalue weighted by Gasteiger charge is -2.25. The van der Waals surface area contributed by atoms with Crippen LogP contribution in [0.15, 0.2) is 48.8 Å². The molecule has 0 saturated heterocycles. The monoisotopic (exact) mass is 458 g/mol. The first-order valence-electron chi connectivity index (χ1n) is 10.3. The van der Waals surface area contributed by atoms with E-state index in [9.17, 15) is 18.8 Å². The van der Waals surface area contributed by atoms with Gasteiger partial charge in [0.05, 0.1) is 24.0 Å². The highest BCUT2D eigenvalue weighted by atomic mass is 32.1. The molecular formula is C23H27FN4O3S. The fourth-order valence-electron chi connectivity index (χ4n) is 2.86. The molecular weight excluding hydrogens is 431 g/mol. The molecule has 1 heterocycles. The Kier molecular flexibility index (Phi) is 9.87. The van der Waals surface area contributed by atoms with Gasteiger partial charge in [-0.1, -0.05) is 56.8 Å². The number of rotatable bonds is 11. The Labute approximate surface area is 192 Å². The third-order valence-electron chi connectivity index (χ3n) is 4.98. The van der Waals surface area contributed by atoms with E-state index < -0.39 is 36.0 Å². The number of amides is 2. The van der Waals surface area contributed by atoms with Gasteiger partial charge in [0.15, 0.2) is 0 Å². The van der Waals surface area contributed by atoms with Crippen LogP contribution in [0.2, 0.25) is 0 Å². The Balaban J connectivity index is 1.88. The van der Waals surface area contributed by atoms with Gasteiger partial charge in [0.1, 0.15) is 5.82 Å². The smallest absolute Gasteiger partial charge is 0.289 e. The minimum atomic E-state index is -0.841. The van der Waals surface area contributed by atoms with Gasteiger partial charge in [-0.2, -0.15) is 0 Å². The summed E-state index contributed by atoms with van der Waals surface area (Å²) in [7, 11) is 0. The molecule has 2 aromatic rings. The summed E-state index contributed by atoms with van der Waals surface area (Å²) in [6.45, 7) is 3.83. The lowest BCUT2D eigenvalue weighted by Crippen LogP contribution is -2.52. The van der Waals surface area contributed by atoms with Gasteiger partial charge in [0, 0.05) is 18.9 Å². The van der Waals surface area contributed by atoms with Crippen molar-refractivity contribution in [3.8, 4) is 0 Å². The van der Waals surface area contributed by atoms with Crippen molar-refractivity contribution in [1.29, 1.82) is 0 Å². The van der Waals surface area contributed by atoms with E-state index in [2.05, 4.69) is 20.9 Å². The number of hydrogen-bond acceptors (Lipinski definition) is 5. The fraction of sp³-hybridized carbons (Fsp3) is 0.348. The highest BCUT2D eigenvalue weighted by molar-refractivity contribution is 7.80. The third kappa shape index (κ3) is 7.81. The zero-order chi connectivity index (χ0) is 23.5. The molecule has 32 heavy (non-hydrogen) atoms. The second-order valence-corrected chi connectivity index (χ2v) is 7.82. The van der Waals surface area contributed by atoms with Crippen molar-refractivity contribution in [3.63, 3.8) is 0 Å². The molecule has 9 heteroatoms. The molecule has 0 aliphatic carbocycles. The maximum Gasteiger partial charge on any atom is 0.289 e. The zero-order valence-corrected chi connectivity index (χ0v) is 18.9. The number of nitrogens with one attached hydrogen (secondary N) is 3. The van der Waals surface area contributed by atoms with E-state index in [0.29, 0.717) is 11.5 Å². The van der Waals surface area contributed by atoms with Gasteiger partial charge in [-0.05, 0) is 29.2 Å². The molecule has 0 fully saturated rings. The van der Waals surface area contributed by atoms with E-state index in [4.69, 9.17) is 12.2 Å². The second-order valence-electron chi connectivity index (χ2n) is 7.38. The summed E-state index contributed by atoms with van der Waals surface area (Å²) in [5, 5.41) is 8.13. The molecule has 2 rings (SSSR count). The quantitative estimate of drug-likeness (QED) is 0.352. The predicted molar refractivity (Wildman–Crippen MR) is 123 cm³/mol. The second kappa shape index (κ2) is 12.6. The Hall–Kier alpha value is -3.20. The fourth-order valence-corrected chi connectivity index (χ4v) is 3.23. The summed E-state index contributed by atoms with van der Waals surface area (Å²) in [5.74, 6) is -2.72. The Morgan fingerprint density at radius 2 is 1.88 bits per heavy atom. The topological polar surface area (TPSA) is 100 Å². The first kappa shape index (κ1) is 25.1. The molecule has 1 unspecified atom stereocenters. The lowest BCUT2D eigenvalue weighted by atomic mass is 9.98. The number of carbonyl (C=O) groups is 3. The molecule has 0 saturated carbocycles. The van der Waals surface area contributed by atoms with Crippen LogP contribution in [0.5, 0.6) is 0 Å². The van der Waals surface area contributed by atoms with Gasteiger partial charge in [-0.15, -0.1) is 0 Å². The van der Waals surface area contributed by atoms with Gasteiger partial charge < -0.3 is 16.0 Å². The van der Waals surface area contributed by atoms with Crippen LogP contribution in [0.1, 0.15) is 31.4 Å². The van der Waals surface area contributed by atoms with Gasteiger partial charge in [-0.25, -0.2) is 4.39 Å². The van der Waals surface area contributed by atoms with E-state index in [0.717, 1.165) is 12.0 Å². The van der Waals surface area contributed by atoms with Crippen LogP contribution in [0, 0.1) is 11.7 Å². The van der Waals surface area contributed by atoms with E-state index in [1.165, 1.54) is 18.2 Å². The number of Topliss-reactive ketones (excluding diaryl/α,β-unsaturated/α-hetero) is 1. The number of ketones is 1. The minimum Gasteiger partial charge on any atom is -0.374 e. The van der Waals surface area contributed by atoms with Crippen molar-refractivity contribution >= 4 is 34.8 Å². The first-order chi connectivity index (χ1) is 15.3. The molecule has 0 bridgehead atoms. The molecule has 3 N–H and O–H groups in total. The summed E-state index contributed by atoms with van der Waals surface area (Å²) in [6, 6.07) is 9.04. The predicted octanol–water partition coefficient (Wildman–Crippen LogP) is 2.10. The molecule has 0 aliphatic heterocycles. The van der Waals surface area contributed by atoms with Gasteiger partial charge in [0.2, 0.25) is 11.7 Å². The summed E-state index contributed by atoms with van der Waals surface area (Å²) >= 11 is 5.45. The van der Waals surface area contributed by atoms with Crippen LogP contribution in [-0.2, 0) is 27.3 Å². The molecule has 0 radical (unpaired) electrons. The minimum absolute atomic E-state index is 0.0173. The summed E-state index contributed by atoms with van der Waals surface area (Å²) < 4.78 is 13.6. The zero-order valence-electron chi connectivity index (χ0n) is 18.1. The van der Waals surface area contributed by atoms with Crippen molar-refractivity contribution in [3.05, 3.63) is 65.7 Å². The largest absolute Gasteiger partial charge is 0.374 e. The third-order valence-corrected chi connectivity index (χ3v) is 5.38. The van der Waals surface area contributed by atoms with Crippen LogP contribution in [0.25, 0.3) is 0 Å². The molecule has 0 spiro atoms. The number of aromatic nitrogens is 1. The maximum absolute atomic E-state index is 13.6. The molecule has 2 amide bonds. The van der Waals surface area contributed by atoms with Crippen molar-refractivity contribution < 1.29 is 18.8 Å². The van der Waals surface area contributed by atoms with E-state index in [1.54, 1.807) is 18.5 Å². The first-order valence-corrected chi connectivity index (χ1v) is 10.7. The number of benzene rings is 1. The van der Waals surface area contributed by atoms with Crippen LogP contribution in [-0.4, -0.2) is 40.2 Å². The van der Waals surface area contributed by atoms with E-state index >= 15 is 0 Å². The Morgan fingerprint density at radius 1 is 1.12 bits per heavy atom. The number of nitrogens with zero attached hydrogens (tertiary/aromatic N) is 1. The number of halogens is 1. The molecule has 2 atom stereocenters. The van der Waals surface area contributed by atoms with Crippen molar-refractivity contribution in [1.82, 2.24) is 20.9 Å². The van der Waals surface area contributed by atoms with Crippen LogP contribution < -0.4 is 16.0 Å². The standard InChI is InChI=1S/C23H27FN4O3S/c1-3-15(2)21(23(32)27-13-16-7-6-10-25-12-16)28-22(31)19(29)14-26-20(30)11-17-8-4-5-9-18(17)24/h4-10,12,15,21H,3,11,13-14H2,1-2H3,(H,26,30)(H,27,32)(H,28,31)/t15?,21-/m0/s1. The Bertz CT molecular complexity index is 955. The summed E-state index contributed by atoms with van der Waals surface area (Å²) in [6.07, 6.45) is 3.89. The van der Waals surface area contributed by atoms with Crippen LogP contribution in [0.4, 0.5) is 4.39 Å². The normalized spacial score (nSPS) is 12.3. The average Bonchev–Trinajstić information content (AvgIpc) is 2.80. The number of thiocarbonyl (C=S) groups is 1. The molecule has 0 aliphatic rings. The SMILES string of the molecule is CCC(C)[C@H](NC(=O)C(=O)CNC(=O)Cc1ccccc1F)C(=S)NCc1cccnc1. The highest BCUT2D eigenvalue weighted by Crippen LogP contribution is 2.10. The van der Waals surface area contributed by atoms with Gasteiger partial charge in [-0.3, -0.25) is 19.4 Å². The van der Waals surface area contributed by atoms with Gasteiger partial charge in [0.25, 0.3) is 5.91 Å². The molecule has 170 valence electrons. The van der Waals surface area contributed by atoms with Crippen molar-refractivity contribution in [2.24, 2.45) is 5.92 Å². The van der Waals surface area contributed by atoms with E-state index in [1.807, 2.05) is 26.0 Å². The van der Waals surface area contributed by atoms with Crippen molar-refractivity contribution in [2.75, 3.05) is 6.54 Å². The average molecular weight is 459 g/mol. The summed E-state index contributed by atoms with van der Waals surface area (Å²) in [5.41, 5.74) is 1.14. The molecule has 7 nitrogen and oxygen atoms in total. The van der Waals surface area contributed by atoms with Crippen molar-refractivity contribution in [2.45, 2.75) is 39.3 Å². The Morgan fingerprint density at radius 3 is 2.53 bits per heavy atom. The van der Waals surface area contributed by atoms with Crippen LogP contribution in [0.3, 0.4) is 0 Å². The van der Waals surface area contributed by atoms with Crippen LogP contribution >= 0.6 is 12.2 Å². The lowest BCUT2D eigenvalue weighted by molar-refractivity contribution is -0.138. The number of carbonyl (C=O) groups excluding carboxylic acids is 3. The molecule has 1 aromatic carbocycles. The summed E-state index contributed by atoms with van der Waals surface area (Å²) in [4.78, 5) is 41.1. The number of pyridine rings is 1. The van der Waals surface area contributed by atoms with Gasteiger partial charge >= 0.3 is 0 Å². The molecule has 1 aromatic heterocycles. The van der Waals surface area contributed by atoms with E-state index in [-0.39, 0.29) is 17.9 Å². The number of hydrogen-bond donors (Lipinski definition) is 3. The maximum atomic E-state index is 13.6. The highest BCUT2D eigenvalue weighted by Gasteiger charge is 2.26.